The molecule has 0 radical (unpaired) electrons. The third-order valence-corrected chi connectivity index (χ3v) is 6.28. The van der Waals surface area contributed by atoms with Crippen molar-refractivity contribution in [3.63, 3.8) is 0 Å². The Kier molecular flexibility index (Phi) is 4.16. The van der Waals surface area contributed by atoms with Gasteiger partial charge in [0.25, 0.3) is 5.91 Å². The van der Waals surface area contributed by atoms with E-state index in [-0.39, 0.29) is 27.7 Å². The van der Waals surface area contributed by atoms with Gasteiger partial charge >= 0.3 is 5.97 Å². The van der Waals surface area contributed by atoms with E-state index in [1.54, 1.807) is 18.8 Å². The fourth-order valence-electron chi connectivity index (χ4n) is 3.29. The highest BCUT2D eigenvalue weighted by Gasteiger charge is 2.49. The Morgan fingerprint density at radius 1 is 1.42 bits per heavy atom. The summed E-state index contributed by atoms with van der Waals surface area (Å²) < 4.78 is 1.16. The van der Waals surface area contributed by atoms with Crippen molar-refractivity contribution in [1.82, 2.24) is 14.7 Å². The van der Waals surface area contributed by atoms with Crippen LogP contribution < -0.4 is 0 Å². The summed E-state index contributed by atoms with van der Waals surface area (Å²) in [5.41, 5.74) is 0.915. The highest BCUT2D eigenvalue weighted by Crippen LogP contribution is 2.54. The van der Waals surface area contributed by atoms with Crippen LogP contribution in [0.2, 0.25) is 0 Å². The monoisotopic (exact) mass is 353 g/mol. The van der Waals surface area contributed by atoms with Gasteiger partial charge in [0.2, 0.25) is 0 Å². The molecule has 1 aliphatic heterocycles. The van der Waals surface area contributed by atoms with Crippen LogP contribution in [0.4, 0.5) is 0 Å². The number of hydrogen-bond donors (Lipinski definition) is 2. The number of rotatable bonds is 6. The molecule has 1 aromatic heterocycles. The third-order valence-electron chi connectivity index (χ3n) is 4.63. The molecule has 2 N–H and O–H groups in total. The number of aliphatic hydroxyl groups is 1. The quantitative estimate of drug-likeness (QED) is 0.797. The molecule has 2 aliphatic rings. The van der Waals surface area contributed by atoms with Crippen molar-refractivity contribution in [2.45, 2.75) is 42.6 Å². The molecule has 1 aliphatic carbocycles. The van der Waals surface area contributed by atoms with Crippen molar-refractivity contribution >= 4 is 23.6 Å². The van der Waals surface area contributed by atoms with E-state index in [2.05, 4.69) is 5.10 Å². The summed E-state index contributed by atoms with van der Waals surface area (Å²) in [7, 11) is 1.61. The molecule has 0 bridgehead atoms. The topological polar surface area (TPSA) is 95.7 Å². The van der Waals surface area contributed by atoms with Crippen LogP contribution >= 0.6 is 11.8 Å². The Morgan fingerprint density at radius 3 is 2.62 bits per heavy atom. The SMILES string of the molecule is Cn1nc(C(=O)O)c2c1C(=O)N(CC1(SC(C)(C)CO)CC1)CC2. The van der Waals surface area contributed by atoms with Crippen LogP contribution in [0.25, 0.3) is 0 Å². The fourth-order valence-corrected chi connectivity index (χ4v) is 5.05. The van der Waals surface area contributed by atoms with E-state index in [9.17, 15) is 19.8 Å². The molecular formula is C16H23N3O4S. The van der Waals surface area contributed by atoms with Gasteiger partial charge in [0, 0.05) is 35.2 Å². The third kappa shape index (κ3) is 3.04. The maximum Gasteiger partial charge on any atom is 0.356 e. The predicted molar refractivity (Wildman–Crippen MR) is 90.5 cm³/mol. The first kappa shape index (κ1) is 17.3. The number of aliphatic hydroxyl groups excluding tert-OH is 1. The first-order valence-electron chi connectivity index (χ1n) is 8.07. The van der Waals surface area contributed by atoms with Crippen LogP contribution in [-0.2, 0) is 13.5 Å². The lowest BCUT2D eigenvalue weighted by Gasteiger charge is -2.34. The van der Waals surface area contributed by atoms with Gasteiger partial charge in [-0.3, -0.25) is 9.48 Å². The Labute approximate surface area is 145 Å². The Balaban J connectivity index is 1.79. The summed E-state index contributed by atoms with van der Waals surface area (Å²) in [6.45, 7) is 5.26. The van der Waals surface area contributed by atoms with Crippen molar-refractivity contribution < 1.29 is 19.8 Å². The molecule has 0 unspecified atom stereocenters. The van der Waals surface area contributed by atoms with Crippen LogP contribution in [0, 0.1) is 0 Å². The van der Waals surface area contributed by atoms with Crippen LogP contribution in [-0.4, -0.2) is 66.0 Å². The Hall–Kier alpha value is -1.54. The first-order valence-corrected chi connectivity index (χ1v) is 8.89. The number of aryl methyl sites for hydroxylation is 1. The van der Waals surface area contributed by atoms with Gasteiger partial charge in [-0.2, -0.15) is 5.10 Å². The number of thioether (sulfide) groups is 1. The predicted octanol–water partition coefficient (Wildman–Crippen LogP) is 1.15. The minimum Gasteiger partial charge on any atom is -0.476 e. The second kappa shape index (κ2) is 5.77. The molecule has 24 heavy (non-hydrogen) atoms. The highest BCUT2D eigenvalue weighted by atomic mass is 32.2. The van der Waals surface area contributed by atoms with Crippen molar-refractivity contribution in [3.8, 4) is 0 Å². The van der Waals surface area contributed by atoms with Crippen LogP contribution in [0.3, 0.4) is 0 Å². The van der Waals surface area contributed by atoms with Gasteiger partial charge in [-0.1, -0.05) is 0 Å². The van der Waals surface area contributed by atoms with E-state index in [0.29, 0.717) is 30.8 Å². The highest BCUT2D eigenvalue weighted by molar-refractivity contribution is 8.02. The number of carboxylic acid groups (broad SMARTS) is 1. The molecule has 8 heteroatoms. The van der Waals surface area contributed by atoms with Crippen molar-refractivity contribution in [2.75, 3.05) is 19.7 Å². The van der Waals surface area contributed by atoms with Crippen LogP contribution in [0.5, 0.6) is 0 Å². The van der Waals surface area contributed by atoms with E-state index in [1.165, 1.54) is 4.68 Å². The number of hydrogen-bond acceptors (Lipinski definition) is 5. The smallest absolute Gasteiger partial charge is 0.356 e. The molecule has 2 heterocycles. The first-order chi connectivity index (χ1) is 11.2. The second-order valence-corrected chi connectivity index (χ2v) is 9.46. The van der Waals surface area contributed by atoms with Crippen LogP contribution in [0.1, 0.15) is 53.2 Å². The van der Waals surface area contributed by atoms with Crippen molar-refractivity contribution in [1.29, 1.82) is 0 Å². The molecule has 132 valence electrons. The summed E-state index contributed by atoms with van der Waals surface area (Å²) in [5, 5.41) is 22.7. The maximum absolute atomic E-state index is 12.8. The maximum atomic E-state index is 12.8. The van der Waals surface area contributed by atoms with E-state index in [0.717, 1.165) is 12.8 Å². The normalized spacial score (nSPS) is 19.3. The molecule has 3 rings (SSSR count). The van der Waals surface area contributed by atoms with Gasteiger partial charge in [0.15, 0.2) is 5.69 Å². The number of carbonyl (C=O) groups excluding carboxylic acids is 1. The summed E-state index contributed by atoms with van der Waals surface area (Å²) in [4.78, 5) is 25.9. The number of carbonyl (C=O) groups is 2. The van der Waals surface area contributed by atoms with E-state index < -0.39 is 5.97 Å². The molecule has 0 spiro atoms. The largest absolute Gasteiger partial charge is 0.476 e. The number of fused-ring (bicyclic) bond motifs is 1. The Morgan fingerprint density at radius 2 is 2.08 bits per heavy atom. The van der Waals surface area contributed by atoms with Gasteiger partial charge in [-0.15, -0.1) is 11.8 Å². The molecule has 0 saturated heterocycles. The van der Waals surface area contributed by atoms with E-state index >= 15 is 0 Å². The minimum absolute atomic E-state index is 0.00755. The van der Waals surface area contributed by atoms with Crippen molar-refractivity contribution in [3.05, 3.63) is 17.0 Å². The fraction of sp³-hybridized carbons (Fsp3) is 0.688. The minimum atomic E-state index is -1.09. The van der Waals surface area contributed by atoms with Gasteiger partial charge in [0.05, 0.1) is 6.61 Å². The lowest BCUT2D eigenvalue weighted by atomic mass is 10.0. The molecular weight excluding hydrogens is 330 g/mol. The zero-order chi connectivity index (χ0) is 17.7. The summed E-state index contributed by atoms with van der Waals surface area (Å²) in [6, 6.07) is 0. The van der Waals surface area contributed by atoms with Gasteiger partial charge in [-0.05, 0) is 33.1 Å². The Bertz CT molecular complexity index is 694. The second-order valence-electron chi connectivity index (χ2n) is 7.28. The summed E-state index contributed by atoms with van der Waals surface area (Å²) in [6.07, 6.45) is 2.58. The molecule has 1 fully saturated rings. The van der Waals surface area contributed by atoms with Gasteiger partial charge in [-0.25, -0.2) is 4.79 Å². The molecule has 7 nitrogen and oxygen atoms in total. The van der Waals surface area contributed by atoms with Gasteiger partial charge in [0.1, 0.15) is 5.69 Å². The standard InChI is InChI=1S/C16H23N3O4S/c1-15(2,9-20)24-16(5-6-16)8-19-7-4-10-11(14(22)23)17-18(3)12(10)13(19)21/h20H,4-9H2,1-3H3,(H,22,23). The van der Waals surface area contributed by atoms with E-state index in [1.807, 2.05) is 18.7 Å². The molecule has 1 saturated carbocycles. The molecule has 1 amide bonds. The number of nitrogens with zero attached hydrogens (tertiary/aromatic N) is 3. The number of carboxylic acids is 1. The zero-order valence-electron chi connectivity index (χ0n) is 14.2. The van der Waals surface area contributed by atoms with Gasteiger partial charge < -0.3 is 15.1 Å². The average Bonchev–Trinajstić information content (AvgIpc) is 3.15. The lowest BCUT2D eigenvalue weighted by molar-refractivity contribution is 0.0688. The number of amides is 1. The lowest BCUT2D eigenvalue weighted by Crippen LogP contribution is -2.44. The van der Waals surface area contributed by atoms with Crippen molar-refractivity contribution in [2.24, 2.45) is 7.05 Å². The molecule has 1 aromatic rings. The average molecular weight is 353 g/mol. The zero-order valence-corrected chi connectivity index (χ0v) is 15.0. The van der Waals surface area contributed by atoms with E-state index in [4.69, 9.17) is 0 Å². The van der Waals surface area contributed by atoms with Crippen LogP contribution in [0.15, 0.2) is 0 Å². The molecule has 0 atom stereocenters. The number of aromatic carboxylic acids is 1. The number of aromatic nitrogens is 2. The summed E-state index contributed by atoms with van der Waals surface area (Å²) in [5.74, 6) is -1.24. The molecule has 0 aromatic carbocycles. The summed E-state index contributed by atoms with van der Waals surface area (Å²) >= 11 is 1.75.